The van der Waals surface area contributed by atoms with Crippen LogP contribution in [0.15, 0.2) is 30.3 Å². The Morgan fingerprint density at radius 3 is 2.67 bits per heavy atom. The SMILES string of the molecule is Cc1cccc2c1C(N1CCc3c(N4CCN(C)CC4)cc(C=O)nc3C1)=CCC2. The highest BCUT2D eigenvalue weighted by Gasteiger charge is 2.28. The highest BCUT2D eigenvalue weighted by Crippen LogP contribution is 2.36. The van der Waals surface area contributed by atoms with E-state index in [9.17, 15) is 4.79 Å². The average molecular weight is 403 g/mol. The van der Waals surface area contributed by atoms with E-state index >= 15 is 0 Å². The van der Waals surface area contributed by atoms with Crippen molar-refractivity contribution >= 4 is 17.7 Å². The highest BCUT2D eigenvalue weighted by atomic mass is 16.1. The quantitative estimate of drug-likeness (QED) is 0.737. The number of rotatable bonds is 3. The van der Waals surface area contributed by atoms with Crippen LogP contribution < -0.4 is 4.90 Å². The normalized spacial score (nSPS) is 19.2. The number of fused-ring (bicyclic) bond motifs is 2. The van der Waals surface area contributed by atoms with Gasteiger partial charge in [0, 0.05) is 55.2 Å². The lowest BCUT2D eigenvalue weighted by molar-refractivity contribution is 0.111. The van der Waals surface area contributed by atoms with Crippen molar-refractivity contribution in [3.8, 4) is 0 Å². The Morgan fingerprint density at radius 1 is 1.03 bits per heavy atom. The fourth-order valence-electron chi connectivity index (χ4n) is 5.19. The van der Waals surface area contributed by atoms with Gasteiger partial charge in [0.2, 0.25) is 0 Å². The summed E-state index contributed by atoms with van der Waals surface area (Å²) in [7, 11) is 2.17. The van der Waals surface area contributed by atoms with E-state index in [0.717, 1.165) is 70.5 Å². The molecule has 5 nitrogen and oxygen atoms in total. The minimum absolute atomic E-state index is 0.554. The molecule has 0 unspecified atom stereocenters. The summed E-state index contributed by atoms with van der Waals surface area (Å²) in [4.78, 5) is 23.7. The molecule has 0 spiro atoms. The van der Waals surface area contributed by atoms with Gasteiger partial charge in [-0.2, -0.15) is 0 Å². The predicted molar refractivity (Wildman–Crippen MR) is 121 cm³/mol. The molecular weight excluding hydrogens is 372 g/mol. The van der Waals surface area contributed by atoms with Gasteiger partial charge >= 0.3 is 0 Å². The second-order valence-corrected chi connectivity index (χ2v) is 8.81. The summed E-state index contributed by atoms with van der Waals surface area (Å²) < 4.78 is 0. The molecule has 1 saturated heterocycles. The van der Waals surface area contributed by atoms with E-state index in [-0.39, 0.29) is 0 Å². The lowest BCUT2D eigenvalue weighted by Crippen LogP contribution is -2.45. The summed E-state index contributed by atoms with van der Waals surface area (Å²) in [5, 5.41) is 0. The summed E-state index contributed by atoms with van der Waals surface area (Å²) in [5.74, 6) is 0. The van der Waals surface area contributed by atoms with Gasteiger partial charge < -0.3 is 14.7 Å². The molecule has 30 heavy (non-hydrogen) atoms. The summed E-state index contributed by atoms with van der Waals surface area (Å²) in [6.07, 6.45) is 6.47. The number of piperazine rings is 1. The summed E-state index contributed by atoms with van der Waals surface area (Å²) >= 11 is 0. The van der Waals surface area contributed by atoms with Crippen molar-refractivity contribution in [2.24, 2.45) is 0 Å². The second-order valence-electron chi connectivity index (χ2n) is 8.81. The number of carbonyl (C=O) groups is 1. The van der Waals surface area contributed by atoms with E-state index in [1.165, 1.54) is 33.6 Å². The summed E-state index contributed by atoms with van der Waals surface area (Å²) in [6.45, 7) is 8.11. The van der Waals surface area contributed by atoms with E-state index in [4.69, 9.17) is 4.98 Å². The molecule has 3 heterocycles. The van der Waals surface area contributed by atoms with Gasteiger partial charge in [-0.05, 0) is 50.4 Å². The molecule has 5 rings (SSSR count). The third-order valence-electron chi connectivity index (χ3n) is 6.85. The monoisotopic (exact) mass is 402 g/mol. The minimum Gasteiger partial charge on any atom is -0.369 e. The van der Waals surface area contributed by atoms with E-state index in [1.54, 1.807) is 0 Å². The van der Waals surface area contributed by atoms with Gasteiger partial charge in [0.1, 0.15) is 5.69 Å². The Morgan fingerprint density at radius 2 is 1.87 bits per heavy atom. The number of anilines is 1. The molecule has 1 aromatic carbocycles. The van der Waals surface area contributed by atoms with Gasteiger partial charge in [0.05, 0.1) is 12.2 Å². The number of hydrogen-bond acceptors (Lipinski definition) is 5. The van der Waals surface area contributed by atoms with Gasteiger partial charge in [-0.25, -0.2) is 4.98 Å². The average Bonchev–Trinajstić information content (AvgIpc) is 2.78. The maximum absolute atomic E-state index is 11.7. The first-order valence-corrected chi connectivity index (χ1v) is 11.1. The van der Waals surface area contributed by atoms with Crippen LogP contribution in [0.4, 0.5) is 5.69 Å². The smallest absolute Gasteiger partial charge is 0.168 e. The largest absolute Gasteiger partial charge is 0.369 e. The Balaban J connectivity index is 1.48. The highest BCUT2D eigenvalue weighted by molar-refractivity contribution is 5.76. The number of aryl methyl sites for hydroxylation is 2. The second kappa shape index (κ2) is 7.88. The number of aromatic nitrogens is 1. The van der Waals surface area contributed by atoms with E-state index in [2.05, 4.69) is 52.9 Å². The predicted octanol–water partition coefficient (Wildman–Crippen LogP) is 3.30. The molecule has 156 valence electrons. The molecule has 0 atom stereocenters. The molecule has 1 fully saturated rings. The van der Waals surface area contributed by atoms with Crippen LogP contribution in [-0.4, -0.2) is 60.8 Å². The molecule has 0 saturated carbocycles. The Kier molecular flexibility index (Phi) is 5.07. The summed E-state index contributed by atoms with van der Waals surface area (Å²) in [5.41, 5.74) is 9.73. The number of hydrogen-bond donors (Lipinski definition) is 0. The van der Waals surface area contributed by atoms with Gasteiger partial charge in [-0.3, -0.25) is 4.79 Å². The van der Waals surface area contributed by atoms with Gasteiger partial charge in [-0.1, -0.05) is 24.3 Å². The topological polar surface area (TPSA) is 39.7 Å². The van der Waals surface area contributed by atoms with Crippen LogP contribution >= 0.6 is 0 Å². The first-order chi connectivity index (χ1) is 14.6. The molecule has 0 radical (unpaired) electrons. The Hall–Kier alpha value is -2.66. The van der Waals surface area contributed by atoms with E-state index in [1.807, 2.05) is 6.07 Å². The first kappa shape index (κ1) is 19.3. The van der Waals surface area contributed by atoms with Crippen molar-refractivity contribution < 1.29 is 4.79 Å². The van der Waals surface area contributed by atoms with Crippen LogP contribution in [0.3, 0.4) is 0 Å². The maximum Gasteiger partial charge on any atom is 0.168 e. The zero-order chi connectivity index (χ0) is 20.7. The van der Waals surface area contributed by atoms with Crippen LogP contribution in [0.5, 0.6) is 0 Å². The molecule has 2 aromatic rings. The minimum atomic E-state index is 0.554. The number of likely N-dealkylation sites (N-methyl/N-ethyl adjacent to an activating group) is 1. The van der Waals surface area contributed by atoms with Crippen molar-refractivity contribution in [2.75, 3.05) is 44.7 Å². The number of allylic oxidation sites excluding steroid dienone is 1. The molecule has 3 aliphatic rings. The number of carbonyl (C=O) groups excluding carboxylic acids is 1. The van der Waals surface area contributed by atoms with E-state index in [0.29, 0.717) is 5.69 Å². The fourth-order valence-corrected chi connectivity index (χ4v) is 5.19. The van der Waals surface area contributed by atoms with Crippen molar-refractivity contribution in [3.05, 3.63) is 64.0 Å². The van der Waals surface area contributed by atoms with Crippen LogP contribution in [0, 0.1) is 6.92 Å². The molecule has 0 bridgehead atoms. The zero-order valence-corrected chi connectivity index (χ0v) is 18.0. The molecule has 0 N–H and O–H groups in total. The van der Waals surface area contributed by atoms with Crippen molar-refractivity contribution in [1.29, 1.82) is 0 Å². The third kappa shape index (κ3) is 3.41. The Bertz CT molecular complexity index is 1000. The van der Waals surface area contributed by atoms with Crippen molar-refractivity contribution in [2.45, 2.75) is 32.7 Å². The number of benzene rings is 1. The van der Waals surface area contributed by atoms with Gasteiger partial charge in [0.25, 0.3) is 0 Å². The maximum atomic E-state index is 11.7. The summed E-state index contributed by atoms with van der Waals surface area (Å²) in [6, 6.07) is 8.65. The number of nitrogens with zero attached hydrogens (tertiary/aromatic N) is 4. The van der Waals surface area contributed by atoms with Crippen LogP contribution in [0.1, 0.15) is 44.9 Å². The van der Waals surface area contributed by atoms with Crippen LogP contribution in [0.2, 0.25) is 0 Å². The van der Waals surface area contributed by atoms with Crippen molar-refractivity contribution in [1.82, 2.24) is 14.8 Å². The molecule has 1 aromatic heterocycles. The molecule has 0 amide bonds. The first-order valence-electron chi connectivity index (χ1n) is 11.1. The zero-order valence-electron chi connectivity index (χ0n) is 18.0. The standard InChI is InChI=1S/C25H30N4O/c1-18-5-3-6-19-7-4-8-23(25(18)19)29-10-9-21-22(16-29)26-20(17-30)15-24(21)28-13-11-27(2)12-14-28/h3,5-6,8,15,17H,4,7,9-14,16H2,1-2H3. The molecule has 5 heteroatoms. The Labute approximate surface area is 179 Å². The lowest BCUT2D eigenvalue weighted by Gasteiger charge is -2.39. The number of pyridine rings is 1. The third-order valence-corrected chi connectivity index (χ3v) is 6.85. The fraction of sp³-hybridized carbons (Fsp3) is 0.440. The van der Waals surface area contributed by atoms with Crippen LogP contribution in [-0.2, 0) is 19.4 Å². The molecular formula is C25H30N4O. The van der Waals surface area contributed by atoms with Crippen LogP contribution in [0.25, 0.3) is 5.70 Å². The lowest BCUT2D eigenvalue weighted by atomic mass is 9.89. The molecule has 2 aliphatic heterocycles. The molecule has 1 aliphatic carbocycles. The van der Waals surface area contributed by atoms with Gasteiger partial charge in [-0.15, -0.1) is 0 Å². The number of aldehydes is 1. The van der Waals surface area contributed by atoms with Crippen molar-refractivity contribution in [3.63, 3.8) is 0 Å². The van der Waals surface area contributed by atoms with Gasteiger partial charge in [0.15, 0.2) is 6.29 Å². The van der Waals surface area contributed by atoms with E-state index < -0.39 is 0 Å².